The first-order valence-corrected chi connectivity index (χ1v) is 12.6. The number of esters is 1. The molecule has 1 aliphatic rings. The van der Waals surface area contributed by atoms with Crippen molar-refractivity contribution in [1.29, 1.82) is 0 Å². The monoisotopic (exact) mass is 436 g/mol. The minimum absolute atomic E-state index is 0.00857. The largest absolute Gasteiger partial charge is 0.463 e. The van der Waals surface area contributed by atoms with Gasteiger partial charge in [-0.2, -0.15) is 25.3 Å². The molecule has 0 aromatic heterocycles. The molecule has 0 heterocycles. The van der Waals surface area contributed by atoms with E-state index in [1.807, 2.05) is 0 Å². The van der Waals surface area contributed by atoms with Gasteiger partial charge in [0.15, 0.2) is 0 Å². The number of rotatable bonds is 8. The van der Waals surface area contributed by atoms with Gasteiger partial charge in [0.2, 0.25) is 0 Å². The predicted octanol–water partition coefficient (Wildman–Crippen LogP) is -1.09. The molecule has 26 heavy (non-hydrogen) atoms. The van der Waals surface area contributed by atoms with Crippen LogP contribution in [0.15, 0.2) is 11.6 Å². The second-order valence-electron chi connectivity index (χ2n) is 5.49. The van der Waals surface area contributed by atoms with Crippen molar-refractivity contribution in [2.45, 2.75) is 31.7 Å². The first-order valence-electron chi connectivity index (χ1n) is 7.14. The van der Waals surface area contributed by atoms with Crippen molar-refractivity contribution in [3.05, 3.63) is 11.6 Å². The molecule has 0 aromatic rings. The van der Waals surface area contributed by atoms with Crippen LogP contribution in [0.2, 0.25) is 0 Å². The standard InChI is InChI=1S/C12H20O11S3/c1-5-20-12(13)8-6-9(21-24(2,14)15)11(23-26(4,18)19)10(7-8)22-25(3,16)17/h6,9-11H,5,7H2,1-4H3/t9-,10-,11+/m1/s1. The molecule has 0 radical (unpaired) electrons. The van der Waals surface area contributed by atoms with Gasteiger partial charge in [-0.05, 0) is 13.0 Å². The molecule has 152 valence electrons. The number of carbonyl (C=O) groups is 1. The van der Waals surface area contributed by atoms with Gasteiger partial charge in [0.1, 0.15) is 18.3 Å². The first-order chi connectivity index (χ1) is 11.6. The molecule has 0 unspecified atom stereocenters. The van der Waals surface area contributed by atoms with Gasteiger partial charge in [-0.25, -0.2) is 4.79 Å². The predicted molar refractivity (Wildman–Crippen MR) is 88.5 cm³/mol. The quantitative estimate of drug-likeness (QED) is 0.336. The van der Waals surface area contributed by atoms with Crippen molar-refractivity contribution >= 4 is 36.3 Å². The maximum Gasteiger partial charge on any atom is 0.333 e. The average molecular weight is 436 g/mol. The zero-order chi connectivity index (χ0) is 20.3. The van der Waals surface area contributed by atoms with Crippen LogP contribution in [0.3, 0.4) is 0 Å². The normalized spacial score (nSPS) is 24.8. The maximum absolute atomic E-state index is 12.0. The van der Waals surface area contributed by atoms with E-state index in [0.29, 0.717) is 18.8 Å². The molecule has 0 bridgehead atoms. The minimum atomic E-state index is -4.14. The first kappa shape index (κ1) is 23.0. The van der Waals surface area contributed by atoms with E-state index in [1.165, 1.54) is 6.92 Å². The summed E-state index contributed by atoms with van der Waals surface area (Å²) >= 11 is 0. The van der Waals surface area contributed by atoms with Crippen LogP contribution < -0.4 is 0 Å². The van der Waals surface area contributed by atoms with E-state index >= 15 is 0 Å². The van der Waals surface area contributed by atoms with Gasteiger partial charge in [0.05, 0.1) is 25.4 Å². The Labute approximate surface area is 152 Å². The zero-order valence-corrected chi connectivity index (χ0v) is 16.9. The Morgan fingerprint density at radius 3 is 1.88 bits per heavy atom. The summed E-state index contributed by atoms with van der Waals surface area (Å²) in [6.45, 7) is 1.54. The molecule has 0 saturated heterocycles. The number of hydrogen-bond donors (Lipinski definition) is 0. The fourth-order valence-corrected chi connectivity index (χ4v) is 4.03. The maximum atomic E-state index is 12.0. The highest BCUT2D eigenvalue weighted by Crippen LogP contribution is 2.30. The molecule has 1 rings (SSSR count). The van der Waals surface area contributed by atoms with Crippen LogP contribution in [0.25, 0.3) is 0 Å². The zero-order valence-electron chi connectivity index (χ0n) is 14.4. The summed E-state index contributed by atoms with van der Waals surface area (Å²) in [4.78, 5) is 12.0. The molecule has 0 aromatic carbocycles. The molecule has 1 aliphatic carbocycles. The van der Waals surface area contributed by atoms with Gasteiger partial charge >= 0.3 is 5.97 Å². The van der Waals surface area contributed by atoms with Gasteiger partial charge in [-0.1, -0.05) is 0 Å². The number of carbonyl (C=O) groups excluding carboxylic acids is 1. The van der Waals surface area contributed by atoms with Gasteiger partial charge < -0.3 is 4.74 Å². The third-order valence-electron chi connectivity index (χ3n) is 2.88. The van der Waals surface area contributed by atoms with Gasteiger partial charge in [0.25, 0.3) is 30.4 Å². The van der Waals surface area contributed by atoms with E-state index in [9.17, 15) is 30.0 Å². The summed E-state index contributed by atoms with van der Waals surface area (Å²) in [6.07, 6.45) is -2.11. The SMILES string of the molecule is CCOC(=O)C1=C[C@@H](OS(C)(=O)=O)[C@H](OS(C)(=O)=O)[C@H](OS(C)(=O)=O)C1. The highest BCUT2D eigenvalue weighted by atomic mass is 32.2. The smallest absolute Gasteiger partial charge is 0.333 e. The average Bonchev–Trinajstić information content (AvgIpc) is 2.37. The van der Waals surface area contributed by atoms with E-state index in [-0.39, 0.29) is 12.2 Å². The third kappa shape index (κ3) is 8.09. The van der Waals surface area contributed by atoms with Gasteiger partial charge in [0, 0.05) is 12.0 Å². The van der Waals surface area contributed by atoms with Crippen molar-refractivity contribution in [2.75, 3.05) is 25.4 Å². The summed E-state index contributed by atoms with van der Waals surface area (Å²) in [7, 11) is -12.4. The van der Waals surface area contributed by atoms with Gasteiger partial charge in [-0.3, -0.25) is 12.5 Å². The van der Waals surface area contributed by atoms with E-state index in [1.54, 1.807) is 0 Å². The second-order valence-corrected chi connectivity index (χ2v) is 10.3. The topological polar surface area (TPSA) is 156 Å². The molecular weight excluding hydrogens is 416 g/mol. The minimum Gasteiger partial charge on any atom is -0.463 e. The fourth-order valence-electron chi connectivity index (χ4n) is 2.20. The fraction of sp³-hybridized carbons (Fsp3) is 0.750. The lowest BCUT2D eigenvalue weighted by atomic mass is 9.92. The molecule has 0 saturated carbocycles. The summed E-state index contributed by atoms with van der Waals surface area (Å²) in [6, 6.07) is 0. The highest BCUT2D eigenvalue weighted by molar-refractivity contribution is 7.86. The molecule has 11 nitrogen and oxygen atoms in total. The Balaban J connectivity index is 3.41. The van der Waals surface area contributed by atoms with Gasteiger partial charge in [-0.15, -0.1) is 0 Å². The highest BCUT2D eigenvalue weighted by Gasteiger charge is 2.43. The lowest BCUT2D eigenvalue weighted by Gasteiger charge is -2.33. The second kappa shape index (κ2) is 8.31. The lowest BCUT2D eigenvalue weighted by Crippen LogP contribution is -2.48. The van der Waals surface area contributed by atoms with E-state index in [0.717, 1.165) is 6.08 Å². The molecule has 0 amide bonds. The molecule has 0 N–H and O–H groups in total. The van der Waals surface area contributed by atoms with Crippen molar-refractivity contribution in [1.82, 2.24) is 0 Å². The Morgan fingerprint density at radius 2 is 1.46 bits per heavy atom. The molecule has 0 aliphatic heterocycles. The van der Waals surface area contributed by atoms with Crippen molar-refractivity contribution < 1.29 is 47.3 Å². The van der Waals surface area contributed by atoms with Crippen LogP contribution in [0.1, 0.15) is 13.3 Å². The van der Waals surface area contributed by atoms with Crippen LogP contribution in [-0.2, 0) is 52.4 Å². The van der Waals surface area contributed by atoms with Crippen LogP contribution >= 0.6 is 0 Å². The van der Waals surface area contributed by atoms with Crippen LogP contribution in [0.5, 0.6) is 0 Å². The molecule has 3 atom stereocenters. The molecule has 14 heteroatoms. The number of hydrogen-bond acceptors (Lipinski definition) is 11. The van der Waals surface area contributed by atoms with E-state index in [2.05, 4.69) is 0 Å². The van der Waals surface area contributed by atoms with Crippen LogP contribution in [0.4, 0.5) is 0 Å². The van der Waals surface area contributed by atoms with Crippen molar-refractivity contribution in [2.24, 2.45) is 0 Å². The Kier molecular flexibility index (Phi) is 7.34. The summed E-state index contributed by atoms with van der Waals surface area (Å²) in [5.41, 5.74) is -0.137. The molecule has 0 fully saturated rings. The Bertz CT molecular complexity index is 867. The van der Waals surface area contributed by atoms with Crippen LogP contribution in [-0.4, -0.2) is 74.9 Å². The van der Waals surface area contributed by atoms with E-state index in [4.69, 9.17) is 17.3 Å². The van der Waals surface area contributed by atoms with Crippen molar-refractivity contribution in [3.63, 3.8) is 0 Å². The Hall–Kier alpha value is -1.06. The number of ether oxygens (including phenoxy) is 1. The summed E-state index contributed by atoms with van der Waals surface area (Å²) < 4.78 is 88.0. The van der Waals surface area contributed by atoms with E-state index < -0.39 is 61.1 Å². The summed E-state index contributed by atoms with van der Waals surface area (Å²) in [5, 5.41) is 0. The molecular formula is C12H20O11S3. The van der Waals surface area contributed by atoms with Crippen molar-refractivity contribution in [3.8, 4) is 0 Å². The van der Waals surface area contributed by atoms with Crippen LogP contribution in [0, 0.1) is 0 Å². The summed E-state index contributed by atoms with van der Waals surface area (Å²) in [5.74, 6) is -0.852. The Morgan fingerprint density at radius 1 is 0.962 bits per heavy atom. The molecule has 0 spiro atoms. The lowest BCUT2D eigenvalue weighted by molar-refractivity contribution is -0.139. The third-order valence-corrected chi connectivity index (χ3v) is 4.62.